The number of hydrogen-bond donors (Lipinski definition) is 3. The third-order valence-electron chi connectivity index (χ3n) is 5.08. The summed E-state index contributed by atoms with van der Waals surface area (Å²) in [6.07, 6.45) is 4.01. The van der Waals surface area contributed by atoms with Crippen LogP contribution in [-0.2, 0) is 15.9 Å². The lowest BCUT2D eigenvalue weighted by molar-refractivity contribution is -0.118. The molecule has 3 rings (SSSR count). The molecule has 1 aromatic heterocycles. The first-order valence-corrected chi connectivity index (χ1v) is 11.2. The molecule has 0 radical (unpaired) electrons. The Kier molecular flexibility index (Phi) is 7.30. The summed E-state index contributed by atoms with van der Waals surface area (Å²) in [5.41, 5.74) is 0.970. The van der Waals surface area contributed by atoms with Crippen LogP contribution < -0.4 is 5.32 Å². The van der Waals surface area contributed by atoms with Crippen LogP contribution in [0.25, 0.3) is 0 Å². The summed E-state index contributed by atoms with van der Waals surface area (Å²) in [4.78, 5) is 17.3. The Bertz CT molecular complexity index is 835. The Balaban J connectivity index is 1.81. The van der Waals surface area contributed by atoms with Crippen LogP contribution in [0.2, 0.25) is 0 Å². The number of rotatable bonds is 8. The summed E-state index contributed by atoms with van der Waals surface area (Å²) >= 11 is -1.19. The zero-order valence-corrected chi connectivity index (χ0v) is 16.9. The molecule has 0 aliphatic heterocycles. The average Bonchev–Trinajstić information content (AvgIpc) is 3.37. The Labute approximate surface area is 170 Å². The quantitative estimate of drug-likeness (QED) is 0.561. The smallest absolute Gasteiger partial charge is 0.233 e. The second-order valence-electron chi connectivity index (χ2n) is 7.01. The molecule has 1 aromatic carbocycles. The van der Waals surface area contributed by atoms with Gasteiger partial charge >= 0.3 is 0 Å². The molecule has 1 heterocycles. The van der Waals surface area contributed by atoms with E-state index < -0.39 is 29.7 Å². The van der Waals surface area contributed by atoms with Crippen molar-refractivity contribution in [2.24, 2.45) is 5.92 Å². The highest BCUT2D eigenvalue weighted by molar-refractivity contribution is 7.79. The van der Waals surface area contributed by atoms with Crippen molar-refractivity contribution in [3.63, 3.8) is 0 Å². The van der Waals surface area contributed by atoms with Crippen LogP contribution in [0, 0.1) is 5.92 Å². The maximum Gasteiger partial charge on any atom is 0.233 e. The van der Waals surface area contributed by atoms with Crippen LogP contribution in [0.15, 0.2) is 34.5 Å². The summed E-state index contributed by atoms with van der Waals surface area (Å²) in [5, 5.41) is 23.4. The van der Waals surface area contributed by atoms with Gasteiger partial charge in [0.15, 0.2) is 5.13 Å². The minimum atomic E-state index is -2.36. The Morgan fingerprint density at radius 3 is 2.82 bits per heavy atom. The predicted octanol–water partition coefficient (Wildman–Crippen LogP) is 2.71. The van der Waals surface area contributed by atoms with Crippen LogP contribution in [0.1, 0.15) is 55.4 Å². The summed E-state index contributed by atoms with van der Waals surface area (Å²) < 4.78 is 22.6. The first-order valence-electron chi connectivity index (χ1n) is 9.22. The molecule has 3 atom stereocenters. The number of anilines is 1. The fraction of sp³-hybridized carbons (Fsp3) is 0.474. The topological polar surface area (TPSA) is 123 Å². The number of aliphatic hydroxyl groups excluding tert-OH is 2. The molecule has 1 fully saturated rings. The zero-order chi connectivity index (χ0) is 20.1. The fourth-order valence-electron chi connectivity index (χ4n) is 3.59. The number of amides is 1. The van der Waals surface area contributed by atoms with Gasteiger partial charge in [0.1, 0.15) is 6.10 Å². The fourth-order valence-corrected chi connectivity index (χ4v) is 4.77. The number of hydrogen-bond acceptors (Lipinski definition) is 7. The SMILES string of the molecule is O=C(Nc1nc(C(O)CO)cs1)C(CC1CCCC1)c1cccc(S(=O)[O-])c1. The highest BCUT2D eigenvalue weighted by Crippen LogP contribution is 2.35. The molecule has 0 saturated heterocycles. The molecular weight excluding hydrogens is 400 g/mol. The van der Waals surface area contributed by atoms with Crippen molar-refractivity contribution >= 4 is 33.5 Å². The zero-order valence-electron chi connectivity index (χ0n) is 15.2. The molecule has 0 bridgehead atoms. The molecule has 3 unspecified atom stereocenters. The lowest BCUT2D eigenvalue weighted by Crippen LogP contribution is -2.23. The Morgan fingerprint density at radius 2 is 2.14 bits per heavy atom. The molecule has 3 N–H and O–H groups in total. The highest BCUT2D eigenvalue weighted by Gasteiger charge is 2.27. The molecule has 2 aromatic rings. The van der Waals surface area contributed by atoms with Gasteiger partial charge in [-0.3, -0.25) is 9.00 Å². The van der Waals surface area contributed by atoms with E-state index in [1.165, 1.54) is 17.4 Å². The average molecular weight is 424 g/mol. The van der Waals surface area contributed by atoms with Gasteiger partial charge in [-0.2, -0.15) is 0 Å². The third kappa shape index (κ3) is 5.24. The maximum absolute atomic E-state index is 13.0. The van der Waals surface area contributed by atoms with Crippen molar-refractivity contribution < 1.29 is 23.8 Å². The van der Waals surface area contributed by atoms with E-state index >= 15 is 0 Å². The largest absolute Gasteiger partial charge is 0.768 e. The van der Waals surface area contributed by atoms with Gasteiger partial charge in [0.25, 0.3) is 0 Å². The Hall–Kier alpha value is -1.65. The summed E-state index contributed by atoms with van der Waals surface area (Å²) in [6.45, 7) is -0.444. The van der Waals surface area contributed by atoms with Crippen LogP contribution in [-0.4, -0.2) is 36.5 Å². The second kappa shape index (κ2) is 9.71. The number of nitrogens with one attached hydrogen (secondary N) is 1. The van der Waals surface area contributed by atoms with Crippen molar-refractivity contribution in [1.82, 2.24) is 4.98 Å². The first-order chi connectivity index (χ1) is 13.5. The molecular formula is C19H23N2O5S2-. The molecule has 0 spiro atoms. The van der Waals surface area contributed by atoms with E-state index in [0.717, 1.165) is 25.7 Å². The first kappa shape index (κ1) is 21.1. The van der Waals surface area contributed by atoms with Crippen molar-refractivity contribution in [3.8, 4) is 0 Å². The van der Waals surface area contributed by atoms with Gasteiger partial charge < -0.3 is 20.1 Å². The van der Waals surface area contributed by atoms with Gasteiger partial charge in [-0.25, -0.2) is 4.98 Å². The summed E-state index contributed by atoms with van der Waals surface area (Å²) in [5.74, 6) is -0.304. The molecule has 9 heteroatoms. The number of benzene rings is 1. The molecule has 7 nitrogen and oxygen atoms in total. The number of thiazole rings is 1. The van der Waals surface area contributed by atoms with E-state index in [-0.39, 0.29) is 10.8 Å². The van der Waals surface area contributed by atoms with Crippen molar-refractivity contribution in [1.29, 1.82) is 0 Å². The lowest BCUT2D eigenvalue weighted by Gasteiger charge is -2.21. The number of aliphatic hydroxyl groups is 2. The van der Waals surface area contributed by atoms with Crippen LogP contribution >= 0.6 is 11.3 Å². The molecule has 28 heavy (non-hydrogen) atoms. The molecule has 1 aliphatic carbocycles. The van der Waals surface area contributed by atoms with Crippen molar-refractivity contribution in [2.45, 2.75) is 49.0 Å². The van der Waals surface area contributed by atoms with E-state index in [0.29, 0.717) is 28.7 Å². The van der Waals surface area contributed by atoms with Crippen LogP contribution in [0.3, 0.4) is 0 Å². The lowest BCUT2D eigenvalue weighted by atomic mass is 9.87. The van der Waals surface area contributed by atoms with Gasteiger partial charge in [-0.1, -0.05) is 37.8 Å². The number of carbonyl (C=O) groups is 1. The summed E-state index contributed by atoms with van der Waals surface area (Å²) in [7, 11) is 0. The second-order valence-corrected chi connectivity index (χ2v) is 8.81. The van der Waals surface area contributed by atoms with Crippen molar-refractivity contribution in [2.75, 3.05) is 11.9 Å². The van der Waals surface area contributed by atoms with E-state index in [2.05, 4.69) is 10.3 Å². The van der Waals surface area contributed by atoms with E-state index in [9.17, 15) is 18.7 Å². The molecule has 1 saturated carbocycles. The molecule has 152 valence electrons. The van der Waals surface area contributed by atoms with Gasteiger partial charge in [-0.15, -0.1) is 11.3 Å². The van der Waals surface area contributed by atoms with Gasteiger partial charge in [0, 0.05) is 10.3 Å². The Morgan fingerprint density at radius 1 is 1.39 bits per heavy atom. The number of aromatic nitrogens is 1. The predicted molar refractivity (Wildman–Crippen MR) is 106 cm³/mol. The third-order valence-corrected chi connectivity index (χ3v) is 6.49. The van der Waals surface area contributed by atoms with Crippen LogP contribution in [0.5, 0.6) is 0 Å². The van der Waals surface area contributed by atoms with E-state index in [1.54, 1.807) is 23.6 Å². The van der Waals surface area contributed by atoms with Gasteiger partial charge in [0.05, 0.1) is 18.2 Å². The van der Waals surface area contributed by atoms with Gasteiger partial charge in [-0.05, 0) is 41.1 Å². The van der Waals surface area contributed by atoms with Crippen LogP contribution in [0.4, 0.5) is 5.13 Å². The molecule has 1 amide bonds. The minimum absolute atomic E-state index is 0.157. The molecule has 1 aliphatic rings. The normalized spacial score (nSPS) is 18.0. The minimum Gasteiger partial charge on any atom is -0.768 e. The maximum atomic E-state index is 13.0. The standard InChI is InChI=1S/C19H24N2O5S2/c22-10-17(23)16-11-27-19(20-16)21-18(24)15(8-12-4-1-2-5-12)13-6-3-7-14(9-13)28(25)26/h3,6-7,9,11-12,15,17,22-23H,1-2,4-5,8,10H2,(H,25,26)(H,20,21,24)/p-1. The number of carbonyl (C=O) groups excluding carboxylic acids is 1. The van der Waals surface area contributed by atoms with E-state index in [1.807, 2.05) is 0 Å². The van der Waals surface area contributed by atoms with E-state index in [4.69, 9.17) is 5.11 Å². The van der Waals surface area contributed by atoms with Gasteiger partial charge in [0.2, 0.25) is 5.91 Å². The summed E-state index contributed by atoms with van der Waals surface area (Å²) in [6, 6.07) is 6.47. The van der Waals surface area contributed by atoms with Crippen molar-refractivity contribution in [3.05, 3.63) is 40.9 Å². The highest BCUT2D eigenvalue weighted by atomic mass is 32.2. The number of nitrogens with zero attached hydrogens (tertiary/aromatic N) is 1. The monoisotopic (exact) mass is 423 g/mol.